The molecule has 0 aliphatic carbocycles. The lowest BCUT2D eigenvalue weighted by Crippen LogP contribution is -2.32. The number of nitrogens with zero attached hydrogens (tertiary/aromatic N) is 3. The van der Waals surface area contributed by atoms with Gasteiger partial charge < -0.3 is 5.73 Å². The van der Waals surface area contributed by atoms with E-state index in [1.807, 2.05) is 6.07 Å². The summed E-state index contributed by atoms with van der Waals surface area (Å²) >= 11 is 0. The first-order chi connectivity index (χ1) is 9.64. The molecule has 0 spiro atoms. The van der Waals surface area contributed by atoms with Crippen molar-refractivity contribution in [3.63, 3.8) is 0 Å². The third-order valence-electron chi connectivity index (χ3n) is 2.80. The van der Waals surface area contributed by atoms with Crippen molar-refractivity contribution in [1.82, 2.24) is 19.5 Å². The van der Waals surface area contributed by atoms with Gasteiger partial charge in [0.15, 0.2) is 0 Å². The molecule has 0 aliphatic heterocycles. The zero-order valence-corrected chi connectivity index (χ0v) is 11.8. The van der Waals surface area contributed by atoms with Gasteiger partial charge >= 0.3 is 0 Å². The van der Waals surface area contributed by atoms with Crippen LogP contribution in [-0.2, 0) is 16.6 Å². The standard InChI is InChI=1S/C12H17N5O2S/c13-4-2-6-17(10-11-3-1-5-14-7-11)20(18,19)12-8-15-16-9-12/h1,3,5,7-9H,2,4,6,10,13H2,(H,15,16). The Bertz CT molecular complexity index is 613. The van der Waals surface area contributed by atoms with Gasteiger partial charge in [0.2, 0.25) is 10.0 Å². The summed E-state index contributed by atoms with van der Waals surface area (Å²) in [6.07, 6.45) is 6.57. The lowest BCUT2D eigenvalue weighted by atomic mass is 10.3. The Kier molecular flexibility index (Phi) is 4.83. The van der Waals surface area contributed by atoms with Gasteiger partial charge in [0.25, 0.3) is 0 Å². The molecule has 0 saturated carbocycles. The van der Waals surface area contributed by atoms with Gasteiger partial charge in [0.05, 0.1) is 6.20 Å². The molecule has 8 heteroatoms. The van der Waals surface area contributed by atoms with Gasteiger partial charge in [0, 0.05) is 31.7 Å². The quantitative estimate of drug-likeness (QED) is 0.766. The maximum atomic E-state index is 12.5. The Morgan fingerprint density at radius 3 is 2.80 bits per heavy atom. The molecule has 108 valence electrons. The number of aromatic nitrogens is 3. The van der Waals surface area contributed by atoms with E-state index in [0.29, 0.717) is 19.5 Å². The number of hydrogen-bond acceptors (Lipinski definition) is 5. The van der Waals surface area contributed by atoms with Crippen LogP contribution in [0.15, 0.2) is 41.8 Å². The van der Waals surface area contributed by atoms with Crippen LogP contribution in [0.5, 0.6) is 0 Å². The molecule has 0 fully saturated rings. The Morgan fingerprint density at radius 1 is 1.35 bits per heavy atom. The molecule has 7 nitrogen and oxygen atoms in total. The molecule has 0 atom stereocenters. The second kappa shape index (κ2) is 6.60. The number of H-pyrrole nitrogens is 1. The molecule has 0 amide bonds. The average molecular weight is 295 g/mol. The predicted molar refractivity (Wildman–Crippen MR) is 74.1 cm³/mol. The van der Waals surface area contributed by atoms with Crippen LogP contribution in [-0.4, -0.2) is 41.0 Å². The number of sulfonamides is 1. The van der Waals surface area contributed by atoms with Crippen molar-refractivity contribution in [3.8, 4) is 0 Å². The van der Waals surface area contributed by atoms with Gasteiger partial charge in [0.1, 0.15) is 4.90 Å². The van der Waals surface area contributed by atoms with Crippen LogP contribution in [0, 0.1) is 0 Å². The Labute approximate surface area is 117 Å². The first-order valence-electron chi connectivity index (χ1n) is 6.22. The van der Waals surface area contributed by atoms with E-state index in [2.05, 4.69) is 15.2 Å². The summed E-state index contributed by atoms with van der Waals surface area (Å²) in [5.74, 6) is 0. The van der Waals surface area contributed by atoms with E-state index in [1.165, 1.54) is 16.7 Å². The highest BCUT2D eigenvalue weighted by atomic mass is 32.2. The van der Waals surface area contributed by atoms with E-state index in [9.17, 15) is 8.42 Å². The molecule has 20 heavy (non-hydrogen) atoms. The number of nitrogens with two attached hydrogens (primary N) is 1. The van der Waals surface area contributed by atoms with Crippen LogP contribution in [0.3, 0.4) is 0 Å². The molecule has 0 aromatic carbocycles. The van der Waals surface area contributed by atoms with E-state index in [0.717, 1.165) is 5.56 Å². The van der Waals surface area contributed by atoms with Gasteiger partial charge in [-0.2, -0.15) is 9.40 Å². The largest absolute Gasteiger partial charge is 0.330 e. The zero-order chi connectivity index (χ0) is 14.4. The summed E-state index contributed by atoms with van der Waals surface area (Å²) in [5, 5.41) is 6.21. The van der Waals surface area contributed by atoms with Gasteiger partial charge in [-0.1, -0.05) is 6.07 Å². The summed E-state index contributed by atoms with van der Waals surface area (Å²) in [4.78, 5) is 4.15. The second-order valence-electron chi connectivity index (χ2n) is 4.28. The van der Waals surface area contributed by atoms with Crippen LogP contribution in [0.2, 0.25) is 0 Å². The maximum absolute atomic E-state index is 12.5. The molecule has 0 aliphatic rings. The van der Waals surface area contributed by atoms with Crippen molar-refractivity contribution in [1.29, 1.82) is 0 Å². The first-order valence-corrected chi connectivity index (χ1v) is 7.66. The van der Waals surface area contributed by atoms with Crippen molar-refractivity contribution < 1.29 is 8.42 Å². The van der Waals surface area contributed by atoms with Crippen LogP contribution < -0.4 is 5.73 Å². The smallest absolute Gasteiger partial charge is 0.246 e. The van der Waals surface area contributed by atoms with Gasteiger partial charge in [-0.15, -0.1) is 0 Å². The lowest BCUT2D eigenvalue weighted by Gasteiger charge is -2.21. The lowest BCUT2D eigenvalue weighted by molar-refractivity contribution is 0.401. The Balaban J connectivity index is 2.23. The van der Waals surface area contributed by atoms with E-state index < -0.39 is 10.0 Å². The molecule has 0 bridgehead atoms. The number of hydrogen-bond donors (Lipinski definition) is 2. The van der Waals surface area contributed by atoms with E-state index in [1.54, 1.807) is 18.5 Å². The fourth-order valence-corrected chi connectivity index (χ4v) is 3.15. The molecule has 3 N–H and O–H groups in total. The fourth-order valence-electron chi connectivity index (χ4n) is 1.78. The minimum Gasteiger partial charge on any atom is -0.330 e. The molecule has 2 aromatic rings. The molecule has 2 rings (SSSR count). The highest BCUT2D eigenvalue weighted by Crippen LogP contribution is 2.17. The average Bonchev–Trinajstić information content (AvgIpc) is 2.99. The predicted octanol–water partition coefficient (Wildman–Crippen LogP) is 0.344. The topological polar surface area (TPSA) is 105 Å². The summed E-state index contributed by atoms with van der Waals surface area (Å²) in [7, 11) is -3.57. The first kappa shape index (κ1) is 14.6. The van der Waals surface area contributed by atoms with Crippen LogP contribution >= 0.6 is 0 Å². The fraction of sp³-hybridized carbons (Fsp3) is 0.333. The molecule has 0 radical (unpaired) electrons. The van der Waals surface area contributed by atoms with E-state index in [4.69, 9.17) is 5.73 Å². The zero-order valence-electron chi connectivity index (χ0n) is 10.9. The summed E-state index contributed by atoms with van der Waals surface area (Å²) in [5.41, 5.74) is 6.31. The monoisotopic (exact) mass is 295 g/mol. The van der Waals surface area contributed by atoms with Crippen molar-refractivity contribution in [2.24, 2.45) is 5.73 Å². The highest BCUT2D eigenvalue weighted by Gasteiger charge is 2.25. The molecule has 2 heterocycles. The number of pyridine rings is 1. The third-order valence-corrected chi connectivity index (χ3v) is 4.61. The highest BCUT2D eigenvalue weighted by molar-refractivity contribution is 7.89. The molecular formula is C12H17N5O2S. The number of aromatic amines is 1. The summed E-state index contributed by atoms with van der Waals surface area (Å²) in [6, 6.07) is 3.62. The Morgan fingerprint density at radius 2 is 2.20 bits per heavy atom. The molecule has 0 unspecified atom stereocenters. The third kappa shape index (κ3) is 3.41. The SMILES string of the molecule is NCCCN(Cc1cccnc1)S(=O)(=O)c1cn[nH]c1. The van der Waals surface area contributed by atoms with Gasteiger partial charge in [-0.05, 0) is 24.6 Å². The molecule has 0 saturated heterocycles. The normalized spacial score (nSPS) is 11.9. The van der Waals surface area contributed by atoms with E-state index in [-0.39, 0.29) is 11.4 Å². The molecular weight excluding hydrogens is 278 g/mol. The number of rotatable bonds is 7. The minimum absolute atomic E-state index is 0.151. The van der Waals surface area contributed by atoms with Gasteiger partial charge in [-0.3, -0.25) is 10.1 Å². The van der Waals surface area contributed by atoms with Crippen LogP contribution in [0.25, 0.3) is 0 Å². The number of nitrogens with one attached hydrogen (secondary N) is 1. The van der Waals surface area contributed by atoms with Crippen LogP contribution in [0.4, 0.5) is 0 Å². The van der Waals surface area contributed by atoms with Crippen LogP contribution in [0.1, 0.15) is 12.0 Å². The second-order valence-corrected chi connectivity index (χ2v) is 6.21. The summed E-state index contributed by atoms with van der Waals surface area (Å²) in [6.45, 7) is 1.06. The molecule has 2 aromatic heterocycles. The maximum Gasteiger partial charge on any atom is 0.246 e. The van der Waals surface area contributed by atoms with Gasteiger partial charge in [-0.25, -0.2) is 8.42 Å². The van der Waals surface area contributed by atoms with E-state index >= 15 is 0 Å². The van der Waals surface area contributed by atoms with Crippen molar-refractivity contribution >= 4 is 10.0 Å². The van der Waals surface area contributed by atoms with Crippen molar-refractivity contribution in [3.05, 3.63) is 42.5 Å². The summed E-state index contributed by atoms with van der Waals surface area (Å²) < 4.78 is 26.4. The Hall–Kier alpha value is -1.77. The minimum atomic E-state index is -3.57. The van der Waals surface area contributed by atoms with Crippen molar-refractivity contribution in [2.75, 3.05) is 13.1 Å². The van der Waals surface area contributed by atoms with Crippen molar-refractivity contribution in [2.45, 2.75) is 17.9 Å².